The van der Waals surface area contributed by atoms with Crippen LogP contribution in [0.2, 0.25) is 0 Å². The van der Waals surface area contributed by atoms with Gasteiger partial charge in [0.2, 0.25) is 0 Å². The molecular formula is C28H26N4O2. The van der Waals surface area contributed by atoms with Crippen molar-refractivity contribution < 1.29 is 9.47 Å². The second kappa shape index (κ2) is 9.67. The number of anilines is 2. The lowest BCUT2D eigenvalue weighted by atomic mass is 10.1. The van der Waals surface area contributed by atoms with Crippen molar-refractivity contribution in [2.75, 3.05) is 24.9 Å². The fourth-order valence-corrected chi connectivity index (χ4v) is 4.18. The lowest BCUT2D eigenvalue weighted by Gasteiger charge is -2.14. The van der Waals surface area contributed by atoms with Gasteiger partial charge in [-0.15, -0.1) is 0 Å². The van der Waals surface area contributed by atoms with E-state index in [4.69, 9.17) is 9.47 Å². The molecule has 0 saturated heterocycles. The molecule has 170 valence electrons. The third-order valence-electron chi connectivity index (χ3n) is 5.86. The Morgan fingerprint density at radius 1 is 0.618 bits per heavy atom. The summed E-state index contributed by atoms with van der Waals surface area (Å²) in [7, 11) is 3.34. The topological polar surface area (TPSA) is 68.3 Å². The maximum atomic E-state index is 5.46. The van der Waals surface area contributed by atoms with Gasteiger partial charge in [0.05, 0.1) is 14.2 Å². The van der Waals surface area contributed by atoms with Crippen molar-refractivity contribution in [1.29, 1.82) is 0 Å². The molecule has 0 amide bonds. The summed E-state index contributed by atoms with van der Waals surface area (Å²) in [5.74, 6) is 1.55. The lowest BCUT2D eigenvalue weighted by molar-refractivity contribution is 0.419. The first-order valence-electron chi connectivity index (χ1n) is 11.2. The van der Waals surface area contributed by atoms with Crippen LogP contribution in [0.15, 0.2) is 85.2 Å². The van der Waals surface area contributed by atoms with Crippen LogP contribution in [0, 0.1) is 0 Å². The molecule has 0 bridgehead atoms. The maximum absolute atomic E-state index is 5.46. The lowest BCUT2D eigenvalue weighted by Crippen LogP contribution is -2.04. The monoisotopic (exact) mass is 450 g/mol. The Balaban J connectivity index is 1.31. The van der Waals surface area contributed by atoms with Gasteiger partial charge >= 0.3 is 0 Å². The highest BCUT2D eigenvalue weighted by atomic mass is 16.5. The fourth-order valence-electron chi connectivity index (χ4n) is 4.18. The van der Waals surface area contributed by atoms with Crippen LogP contribution in [-0.2, 0) is 13.1 Å². The van der Waals surface area contributed by atoms with Gasteiger partial charge in [0.15, 0.2) is 0 Å². The fraction of sp³-hybridized carbons (Fsp3) is 0.143. The van der Waals surface area contributed by atoms with Gasteiger partial charge in [0.25, 0.3) is 0 Å². The van der Waals surface area contributed by atoms with E-state index in [0.29, 0.717) is 13.1 Å². The molecule has 3 aromatic carbocycles. The zero-order valence-corrected chi connectivity index (χ0v) is 19.2. The van der Waals surface area contributed by atoms with Gasteiger partial charge in [-0.25, -0.2) is 0 Å². The van der Waals surface area contributed by atoms with E-state index in [2.05, 4.69) is 57.0 Å². The van der Waals surface area contributed by atoms with Crippen LogP contribution in [0.25, 0.3) is 21.8 Å². The van der Waals surface area contributed by atoms with E-state index in [-0.39, 0.29) is 0 Å². The number of nitrogens with zero attached hydrogens (tertiary/aromatic N) is 2. The van der Waals surface area contributed by atoms with Crippen molar-refractivity contribution in [3.63, 3.8) is 0 Å². The molecular weight excluding hydrogens is 424 g/mol. The smallest absolute Gasteiger partial charge is 0.145 e. The second-order valence-electron chi connectivity index (χ2n) is 7.96. The highest BCUT2D eigenvalue weighted by Gasteiger charge is 2.09. The summed E-state index contributed by atoms with van der Waals surface area (Å²) in [5, 5.41) is 9.19. The molecule has 0 aliphatic carbocycles. The van der Waals surface area contributed by atoms with E-state index < -0.39 is 0 Å². The number of aromatic nitrogens is 2. The van der Waals surface area contributed by atoms with Crippen molar-refractivity contribution >= 4 is 33.2 Å². The van der Waals surface area contributed by atoms with Gasteiger partial charge in [0, 0.05) is 47.6 Å². The van der Waals surface area contributed by atoms with E-state index >= 15 is 0 Å². The molecule has 0 radical (unpaired) electrons. The SMILES string of the molecule is COc1ccc(NCc2cccc(CNc3ccc(OC)c4ncccc34)c2)c2cccnc12. The van der Waals surface area contributed by atoms with Gasteiger partial charge in [-0.3, -0.25) is 9.97 Å². The zero-order chi connectivity index (χ0) is 23.3. The van der Waals surface area contributed by atoms with Crippen LogP contribution in [0.4, 0.5) is 11.4 Å². The minimum atomic E-state index is 0.708. The average Bonchev–Trinajstić information content (AvgIpc) is 2.90. The molecule has 2 aromatic heterocycles. The molecule has 6 nitrogen and oxygen atoms in total. The molecule has 0 spiro atoms. The number of hydrogen-bond acceptors (Lipinski definition) is 6. The van der Waals surface area contributed by atoms with Gasteiger partial charge in [0.1, 0.15) is 22.5 Å². The molecule has 2 N–H and O–H groups in total. The summed E-state index contributed by atoms with van der Waals surface area (Å²) >= 11 is 0. The summed E-state index contributed by atoms with van der Waals surface area (Å²) in [6, 6.07) is 24.5. The number of ether oxygens (including phenoxy) is 2. The molecule has 0 aliphatic rings. The standard InChI is InChI=1S/C28H26N4O2/c1-33-25-12-10-23(21-8-4-14-29-27(21)25)31-17-19-6-3-7-20(16-19)18-32-24-11-13-26(34-2)28-22(24)9-5-15-30-28/h3-16,31-32H,17-18H2,1-2H3. The number of nitrogens with one attached hydrogen (secondary N) is 2. The molecule has 0 saturated carbocycles. The first-order valence-corrected chi connectivity index (χ1v) is 11.2. The van der Waals surface area contributed by atoms with Crippen molar-refractivity contribution in [1.82, 2.24) is 9.97 Å². The van der Waals surface area contributed by atoms with Crippen LogP contribution in [0.5, 0.6) is 11.5 Å². The van der Waals surface area contributed by atoms with Crippen LogP contribution < -0.4 is 20.1 Å². The Hall–Kier alpha value is -4.32. The van der Waals surface area contributed by atoms with Crippen LogP contribution >= 0.6 is 0 Å². The second-order valence-corrected chi connectivity index (χ2v) is 7.96. The van der Waals surface area contributed by atoms with Gasteiger partial charge < -0.3 is 20.1 Å². The van der Waals surface area contributed by atoms with E-state index in [0.717, 1.165) is 44.7 Å². The number of rotatable bonds is 8. The van der Waals surface area contributed by atoms with E-state index in [1.807, 2.05) is 36.4 Å². The molecule has 0 atom stereocenters. The number of fused-ring (bicyclic) bond motifs is 2. The van der Waals surface area contributed by atoms with Gasteiger partial charge in [-0.1, -0.05) is 24.3 Å². The Bertz CT molecular complexity index is 1350. The summed E-state index contributed by atoms with van der Waals surface area (Å²) in [6.45, 7) is 1.42. The van der Waals surface area contributed by atoms with Crippen molar-refractivity contribution in [2.45, 2.75) is 13.1 Å². The molecule has 2 heterocycles. The summed E-state index contributed by atoms with van der Waals surface area (Å²) in [6.07, 6.45) is 3.57. The molecule has 6 heteroatoms. The number of methoxy groups -OCH3 is 2. The predicted molar refractivity (Wildman–Crippen MR) is 138 cm³/mol. The normalized spacial score (nSPS) is 10.9. The molecule has 0 aliphatic heterocycles. The van der Waals surface area contributed by atoms with E-state index in [9.17, 15) is 0 Å². The minimum Gasteiger partial charge on any atom is -0.494 e. The van der Waals surface area contributed by atoms with E-state index in [1.165, 1.54) is 11.1 Å². The zero-order valence-electron chi connectivity index (χ0n) is 19.2. The number of pyridine rings is 2. The molecule has 34 heavy (non-hydrogen) atoms. The van der Waals surface area contributed by atoms with Crippen molar-refractivity contribution in [2.24, 2.45) is 0 Å². The molecule has 5 rings (SSSR count). The number of hydrogen-bond donors (Lipinski definition) is 2. The van der Waals surface area contributed by atoms with Crippen LogP contribution in [0.3, 0.4) is 0 Å². The Morgan fingerprint density at radius 3 is 1.59 bits per heavy atom. The Kier molecular flexibility index (Phi) is 6.12. The van der Waals surface area contributed by atoms with E-state index in [1.54, 1.807) is 26.6 Å². The minimum absolute atomic E-state index is 0.708. The predicted octanol–water partition coefficient (Wildman–Crippen LogP) is 6.02. The summed E-state index contributed by atoms with van der Waals surface area (Å²) < 4.78 is 10.9. The first-order chi connectivity index (χ1) is 16.8. The Morgan fingerprint density at radius 2 is 1.12 bits per heavy atom. The van der Waals surface area contributed by atoms with Gasteiger partial charge in [-0.2, -0.15) is 0 Å². The molecule has 0 fully saturated rings. The first kappa shape index (κ1) is 21.5. The van der Waals surface area contributed by atoms with Crippen LogP contribution in [-0.4, -0.2) is 24.2 Å². The maximum Gasteiger partial charge on any atom is 0.145 e. The third-order valence-corrected chi connectivity index (χ3v) is 5.86. The quantitative estimate of drug-likeness (QED) is 0.301. The van der Waals surface area contributed by atoms with Gasteiger partial charge in [-0.05, 0) is 59.7 Å². The Labute approximate surface area is 198 Å². The molecule has 0 unspecified atom stereocenters. The third kappa shape index (κ3) is 4.30. The molecule has 5 aromatic rings. The average molecular weight is 451 g/mol. The summed E-state index contributed by atoms with van der Waals surface area (Å²) in [4.78, 5) is 8.96. The highest BCUT2D eigenvalue weighted by molar-refractivity contribution is 5.96. The van der Waals surface area contributed by atoms with Crippen molar-refractivity contribution in [3.05, 3.63) is 96.3 Å². The van der Waals surface area contributed by atoms with Crippen LogP contribution in [0.1, 0.15) is 11.1 Å². The van der Waals surface area contributed by atoms with Crippen molar-refractivity contribution in [3.8, 4) is 11.5 Å². The number of benzene rings is 3. The summed E-state index contributed by atoms with van der Waals surface area (Å²) in [5.41, 5.74) is 6.18. The largest absolute Gasteiger partial charge is 0.494 e. The highest BCUT2D eigenvalue weighted by Crippen LogP contribution is 2.31.